The highest BCUT2D eigenvalue weighted by atomic mass is 32.2. The minimum Gasteiger partial charge on any atom is -0.390 e. The standard InChI is InChI=1S/C25H40N2O6S2/c1-23(2,3)35(30,31)27-20-19-14-25(32-15-24(4,5)16-33-25)13-12-18(19)22(21(20)28)34(29,26-6)17-10-8-7-9-11-17/h7-11,18-22,27-28H,12-16H2,1-6H3/t18-,19+,20-,21+,22+,34?/m0/s1. The number of aliphatic hydroxyl groups excluding tert-OH is 1. The molecule has 0 radical (unpaired) electrons. The summed E-state index contributed by atoms with van der Waals surface area (Å²) in [5.41, 5.74) is -0.101. The molecule has 2 aliphatic carbocycles. The molecule has 1 aromatic carbocycles. The minimum atomic E-state index is -3.78. The molecule has 4 rings (SSSR count). The van der Waals surface area contributed by atoms with Crippen molar-refractivity contribution < 1.29 is 27.2 Å². The summed E-state index contributed by atoms with van der Waals surface area (Å²) in [6, 6.07) is 8.17. The Kier molecular flexibility index (Phi) is 6.99. The topological polar surface area (TPSA) is 114 Å². The van der Waals surface area contributed by atoms with Crippen LogP contribution >= 0.6 is 0 Å². The van der Waals surface area contributed by atoms with E-state index < -0.39 is 47.7 Å². The fourth-order valence-electron chi connectivity index (χ4n) is 5.66. The lowest BCUT2D eigenvalue weighted by Gasteiger charge is -2.49. The molecule has 3 aliphatic rings. The average molecular weight is 529 g/mol. The summed E-state index contributed by atoms with van der Waals surface area (Å²) in [6.45, 7) is 10.1. The molecule has 1 saturated heterocycles. The van der Waals surface area contributed by atoms with Gasteiger partial charge in [-0.05, 0) is 51.2 Å². The lowest BCUT2D eigenvalue weighted by Crippen LogP contribution is -2.55. The zero-order valence-corrected chi connectivity index (χ0v) is 23.2. The highest BCUT2D eigenvalue weighted by molar-refractivity contribution is 7.94. The predicted molar refractivity (Wildman–Crippen MR) is 136 cm³/mol. The second kappa shape index (κ2) is 9.06. The molecule has 0 aromatic heterocycles. The normalized spacial score (nSPS) is 34.2. The summed E-state index contributed by atoms with van der Waals surface area (Å²) in [5, 5.41) is 10.9. The maximum absolute atomic E-state index is 14.4. The first-order chi connectivity index (χ1) is 16.1. The third-order valence-electron chi connectivity index (χ3n) is 7.81. The quantitative estimate of drug-likeness (QED) is 0.621. The van der Waals surface area contributed by atoms with Crippen LogP contribution in [0, 0.1) is 17.3 Å². The van der Waals surface area contributed by atoms with Crippen LogP contribution in [0.5, 0.6) is 0 Å². The summed E-state index contributed by atoms with van der Waals surface area (Å²) < 4.78 is 59.4. The first-order valence-corrected chi connectivity index (χ1v) is 15.4. The monoisotopic (exact) mass is 528 g/mol. The molecule has 2 saturated carbocycles. The minimum absolute atomic E-state index is 0.101. The first kappa shape index (κ1) is 27.0. The molecule has 8 nitrogen and oxygen atoms in total. The van der Waals surface area contributed by atoms with Gasteiger partial charge in [0.25, 0.3) is 0 Å². The third-order valence-corrected chi connectivity index (χ3v) is 12.9. The molecule has 198 valence electrons. The largest absolute Gasteiger partial charge is 0.390 e. The Morgan fingerprint density at radius 1 is 1.06 bits per heavy atom. The molecular weight excluding hydrogens is 488 g/mol. The molecule has 1 spiro atoms. The number of nitrogens with zero attached hydrogens (tertiary/aromatic N) is 1. The van der Waals surface area contributed by atoms with Crippen LogP contribution in [0.3, 0.4) is 0 Å². The Balaban J connectivity index is 1.75. The lowest BCUT2D eigenvalue weighted by atomic mass is 9.76. The Hall–Kier alpha value is -1.04. The zero-order chi connectivity index (χ0) is 25.9. The Bertz CT molecular complexity index is 1140. The number of sulfonamides is 1. The summed E-state index contributed by atoms with van der Waals surface area (Å²) in [7, 11) is -5.29. The van der Waals surface area contributed by atoms with E-state index in [-0.39, 0.29) is 17.3 Å². The van der Waals surface area contributed by atoms with Crippen molar-refractivity contribution in [1.29, 1.82) is 0 Å². The van der Waals surface area contributed by atoms with Crippen molar-refractivity contribution in [2.75, 3.05) is 20.3 Å². The molecule has 0 bridgehead atoms. The van der Waals surface area contributed by atoms with Crippen molar-refractivity contribution in [2.24, 2.45) is 21.6 Å². The van der Waals surface area contributed by atoms with Crippen molar-refractivity contribution in [3.05, 3.63) is 30.3 Å². The van der Waals surface area contributed by atoms with Crippen LogP contribution in [-0.2, 0) is 29.2 Å². The van der Waals surface area contributed by atoms with Crippen molar-refractivity contribution >= 4 is 19.8 Å². The maximum atomic E-state index is 14.4. The van der Waals surface area contributed by atoms with Crippen LogP contribution < -0.4 is 4.72 Å². The van der Waals surface area contributed by atoms with Crippen LogP contribution in [-0.4, -0.2) is 65.9 Å². The summed E-state index contributed by atoms with van der Waals surface area (Å²) in [6.07, 6.45) is 0.445. The van der Waals surface area contributed by atoms with Crippen LogP contribution in [0.15, 0.2) is 39.6 Å². The van der Waals surface area contributed by atoms with Crippen LogP contribution in [0.4, 0.5) is 0 Å². The Morgan fingerprint density at radius 3 is 2.20 bits per heavy atom. The summed E-state index contributed by atoms with van der Waals surface area (Å²) >= 11 is 0. The lowest BCUT2D eigenvalue weighted by molar-refractivity contribution is -0.318. The summed E-state index contributed by atoms with van der Waals surface area (Å²) in [5.74, 6) is -1.34. The molecule has 35 heavy (non-hydrogen) atoms. The molecule has 3 fully saturated rings. The molecule has 1 heterocycles. The van der Waals surface area contributed by atoms with E-state index in [0.29, 0.717) is 37.4 Å². The van der Waals surface area contributed by atoms with Crippen molar-refractivity contribution in [1.82, 2.24) is 4.72 Å². The molecule has 10 heteroatoms. The van der Waals surface area contributed by atoms with E-state index in [9.17, 15) is 17.7 Å². The van der Waals surface area contributed by atoms with Gasteiger partial charge in [0.05, 0.1) is 45.1 Å². The van der Waals surface area contributed by atoms with Gasteiger partial charge < -0.3 is 14.6 Å². The van der Waals surface area contributed by atoms with Crippen molar-refractivity contribution in [2.45, 2.75) is 86.7 Å². The second-order valence-electron chi connectivity index (χ2n) is 12.0. The molecule has 1 unspecified atom stereocenters. The number of hydrogen-bond donors (Lipinski definition) is 2. The fraction of sp³-hybridized carbons (Fsp3) is 0.760. The SMILES string of the molecule is CN=S(=O)(c1ccccc1)[C@H]1[C@H](O)[C@@H](NS(=O)(=O)C(C)(C)C)[C@@H]2CC3(CC[C@@H]21)OCC(C)(C)CO3. The number of ether oxygens (including phenoxy) is 2. The molecule has 0 amide bonds. The number of hydrogen-bond acceptors (Lipinski definition) is 7. The van der Waals surface area contributed by atoms with Gasteiger partial charge in [-0.1, -0.05) is 32.0 Å². The highest BCUT2D eigenvalue weighted by Crippen LogP contribution is 2.53. The average Bonchev–Trinajstić information content (AvgIpc) is 3.06. The first-order valence-electron chi connectivity index (χ1n) is 12.3. The molecular formula is C25H40N2O6S2. The van der Waals surface area contributed by atoms with Crippen LogP contribution in [0.1, 0.15) is 53.9 Å². The van der Waals surface area contributed by atoms with E-state index >= 15 is 0 Å². The van der Waals surface area contributed by atoms with Gasteiger partial charge in [-0.15, -0.1) is 0 Å². The predicted octanol–water partition coefficient (Wildman–Crippen LogP) is 3.16. The van der Waals surface area contributed by atoms with E-state index in [1.54, 1.807) is 45.0 Å². The second-order valence-corrected chi connectivity index (χ2v) is 17.0. The van der Waals surface area contributed by atoms with Gasteiger partial charge in [-0.3, -0.25) is 0 Å². The van der Waals surface area contributed by atoms with Gasteiger partial charge in [-0.25, -0.2) is 21.7 Å². The van der Waals surface area contributed by atoms with E-state index in [4.69, 9.17) is 9.47 Å². The van der Waals surface area contributed by atoms with E-state index in [1.807, 2.05) is 6.07 Å². The van der Waals surface area contributed by atoms with E-state index in [2.05, 4.69) is 22.9 Å². The van der Waals surface area contributed by atoms with E-state index in [0.717, 1.165) is 0 Å². The number of rotatable bonds is 4. The van der Waals surface area contributed by atoms with Gasteiger partial charge in [0.1, 0.15) is 0 Å². The molecule has 1 aliphatic heterocycles. The Morgan fingerprint density at radius 2 is 1.66 bits per heavy atom. The number of aliphatic hydroxyl groups is 1. The highest BCUT2D eigenvalue weighted by Gasteiger charge is 2.61. The zero-order valence-electron chi connectivity index (χ0n) is 21.6. The molecule has 2 N–H and O–H groups in total. The van der Waals surface area contributed by atoms with Gasteiger partial charge >= 0.3 is 0 Å². The summed E-state index contributed by atoms with van der Waals surface area (Å²) in [4.78, 5) is 0.553. The van der Waals surface area contributed by atoms with Gasteiger partial charge in [0.2, 0.25) is 10.0 Å². The van der Waals surface area contributed by atoms with Gasteiger partial charge in [0.15, 0.2) is 5.79 Å². The number of fused-ring (bicyclic) bond motifs is 1. The fourth-order valence-corrected chi connectivity index (χ4v) is 9.36. The smallest absolute Gasteiger partial charge is 0.216 e. The molecule has 1 aromatic rings. The van der Waals surface area contributed by atoms with Crippen LogP contribution in [0.25, 0.3) is 0 Å². The maximum Gasteiger partial charge on any atom is 0.216 e. The van der Waals surface area contributed by atoms with Crippen molar-refractivity contribution in [3.8, 4) is 0 Å². The Labute approximate surface area is 210 Å². The van der Waals surface area contributed by atoms with E-state index in [1.165, 1.54) is 7.05 Å². The van der Waals surface area contributed by atoms with Gasteiger partial charge in [-0.2, -0.15) is 0 Å². The van der Waals surface area contributed by atoms with Gasteiger partial charge in [0, 0.05) is 30.2 Å². The third kappa shape index (κ3) is 4.82. The van der Waals surface area contributed by atoms with Crippen LogP contribution in [0.2, 0.25) is 0 Å². The number of benzene rings is 1. The van der Waals surface area contributed by atoms with Crippen molar-refractivity contribution in [3.63, 3.8) is 0 Å². The molecule has 6 atom stereocenters. The number of nitrogens with one attached hydrogen (secondary N) is 1.